The van der Waals surface area contributed by atoms with Gasteiger partial charge in [0.05, 0.1) is 23.4 Å². The number of nitrogens with zero attached hydrogens (tertiary/aromatic N) is 3. The number of hydrogen-bond acceptors (Lipinski definition) is 9. The average molecular weight is 491 g/mol. The van der Waals surface area contributed by atoms with E-state index in [2.05, 4.69) is 53.6 Å². The molecule has 1 aromatic carbocycles. The number of amides is 1. The van der Waals surface area contributed by atoms with E-state index in [9.17, 15) is 4.79 Å². The molecule has 11 heteroatoms. The molecule has 4 rings (SSSR count). The maximum absolute atomic E-state index is 11.8. The largest absolute Gasteiger partial charge is 0.378 e. The van der Waals surface area contributed by atoms with Gasteiger partial charge >= 0.3 is 0 Å². The van der Waals surface area contributed by atoms with Gasteiger partial charge in [0.15, 0.2) is 0 Å². The number of nitrogens with one attached hydrogen (secondary N) is 3. The summed E-state index contributed by atoms with van der Waals surface area (Å²) >= 11 is 4.62. The lowest BCUT2D eigenvalue weighted by Gasteiger charge is -2.28. The van der Waals surface area contributed by atoms with Crippen LogP contribution in [0.3, 0.4) is 0 Å². The zero-order chi connectivity index (χ0) is 20.9. The lowest BCUT2D eigenvalue weighted by atomic mass is 10.2. The van der Waals surface area contributed by atoms with Gasteiger partial charge in [0.1, 0.15) is 10.7 Å². The minimum atomic E-state index is -0.587. The number of aromatic nitrogens is 2. The van der Waals surface area contributed by atoms with Gasteiger partial charge < -0.3 is 20.3 Å². The van der Waals surface area contributed by atoms with E-state index in [-0.39, 0.29) is 0 Å². The van der Waals surface area contributed by atoms with Crippen molar-refractivity contribution in [3.8, 4) is 0 Å². The first-order valence-corrected chi connectivity index (χ1v) is 10.8. The van der Waals surface area contributed by atoms with E-state index in [0.29, 0.717) is 26.8 Å². The lowest BCUT2D eigenvalue weighted by molar-refractivity contribution is 0.0712. The maximum Gasteiger partial charge on any atom is 0.286 e. The van der Waals surface area contributed by atoms with E-state index < -0.39 is 5.91 Å². The molecule has 3 aromatic rings. The maximum atomic E-state index is 11.8. The van der Waals surface area contributed by atoms with E-state index in [1.54, 1.807) is 23.1 Å². The van der Waals surface area contributed by atoms with Gasteiger partial charge in [0.2, 0.25) is 5.95 Å². The van der Waals surface area contributed by atoms with Crippen molar-refractivity contribution in [1.82, 2.24) is 15.4 Å². The van der Waals surface area contributed by atoms with E-state index >= 15 is 0 Å². The van der Waals surface area contributed by atoms with E-state index in [0.717, 1.165) is 37.7 Å². The number of carbonyl (C=O) groups is 1. The SMILES string of the molecule is O=C(NO)c1sccc1Nc1nc(Nc2ccc(N3CCOCC3)cc2)ncc1Br. The molecule has 0 unspecified atom stereocenters. The Morgan fingerprint density at radius 1 is 1.17 bits per heavy atom. The summed E-state index contributed by atoms with van der Waals surface area (Å²) in [6.07, 6.45) is 1.62. The molecule has 156 valence electrons. The molecule has 0 spiro atoms. The number of hydrogen-bond donors (Lipinski definition) is 4. The van der Waals surface area contributed by atoms with Crippen LogP contribution < -0.4 is 21.0 Å². The Hall–Kier alpha value is -2.73. The Morgan fingerprint density at radius 2 is 1.93 bits per heavy atom. The van der Waals surface area contributed by atoms with Crippen molar-refractivity contribution in [2.75, 3.05) is 41.8 Å². The van der Waals surface area contributed by atoms with Gasteiger partial charge in [-0.25, -0.2) is 10.5 Å². The zero-order valence-electron chi connectivity index (χ0n) is 15.8. The molecule has 0 atom stereocenters. The third-order valence-corrected chi connectivity index (χ3v) is 5.96. The monoisotopic (exact) mass is 490 g/mol. The molecule has 1 fully saturated rings. The summed E-state index contributed by atoms with van der Waals surface area (Å²) in [6.45, 7) is 3.26. The molecule has 0 aliphatic carbocycles. The van der Waals surface area contributed by atoms with Crippen molar-refractivity contribution in [2.24, 2.45) is 0 Å². The second-order valence-electron chi connectivity index (χ2n) is 6.39. The number of hydroxylamine groups is 1. The van der Waals surface area contributed by atoms with Crippen LogP contribution in [0.4, 0.5) is 28.8 Å². The zero-order valence-corrected chi connectivity index (χ0v) is 18.2. The van der Waals surface area contributed by atoms with Crippen LogP contribution in [-0.4, -0.2) is 47.4 Å². The molecule has 9 nitrogen and oxygen atoms in total. The van der Waals surface area contributed by atoms with Crippen molar-refractivity contribution >= 4 is 62.0 Å². The molecule has 1 amide bonds. The number of thiophene rings is 1. The van der Waals surface area contributed by atoms with Crippen LogP contribution in [0.2, 0.25) is 0 Å². The van der Waals surface area contributed by atoms with Crippen LogP contribution in [0.5, 0.6) is 0 Å². The van der Waals surface area contributed by atoms with Crippen LogP contribution in [0, 0.1) is 0 Å². The lowest BCUT2D eigenvalue weighted by Crippen LogP contribution is -2.36. The number of carbonyl (C=O) groups excluding carboxylic acids is 1. The molecule has 1 saturated heterocycles. The number of benzene rings is 1. The number of halogens is 1. The Balaban J connectivity index is 1.48. The van der Waals surface area contributed by atoms with E-state index in [1.807, 2.05) is 12.1 Å². The number of rotatable bonds is 6. The summed E-state index contributed by atoms with van der Waals surface area (Å²) in [4.78, 5) is 23.2. The topological polar surface area (TPSA) is 112 Å². The smallest absolute Gasteiger partial charge is 0.286 e. The molecule has 4 N–H and O–H groups in total. The molecule has 1 aliphatic heterocycles. The minimum absolute atomic E-state index is 0.344. The minimum Gasteiger partial charge on any atom is -0.378 e. The molecule has 3 heterocycles. The van der Waals surface area contributed by atoms with Crippen molar-refractivity contribution in [1.29, 1.82) is 0 Å². The van der Waals surface area contributed by atoms with Gasteiger partial charge in [-0.15, -0.1) is 11.3 Å². The predicted molar refractivity (Wildman–Crippen MR) is 119 cm³/mol. The van der Waals surface area contributed by atoms with Crippen molar-refractivity contribution in [3.05, 3.63) is 51.3 Å². The highest BCUT2D eigenvalue weighted by molar-refractivity contribution is 9.10. The summed E-state index contributed by atoms with van der Waals surface area (Å²) in [5.41, 5.74) is 4.18. The van der Waals surface area contributed by atoms with Crippen LogP contribution in [0.1, 0.15) is 9.67 Å². The van der Waals surface area contributed by atoms with Crippen LogP contribution in [0.15, 0.2) is 46.4 Å². The number of ether oxygens (including phenoxy) is 1. The third-order valence-electron chi connectivity index (χ3n) is 4.47. The van der Waals surface area contributed by atoms with Crippen molar-refractivity contribution in [3.63, 3.8) is 0 Å². The van der Waals surface area contributed by atoms with Gasteiger partial charge in [-0.05, 0) is 51.6 Å². The van der Waals surface area contributed by atoms with Gasteiger partial charge in [0.25, 0.3) is 5.91 Å². The fourth-order valence-corrected chi connectivity index (χ4v) is 4.01. The Labute approximate surface area is 185 Å². The highest BCUT2D eigenvalue weighted by atomic mass is 79.9. The van der Waals surface area contributed by atoms with Gasteiger partial charge in [-0.1, -0.05) is 0 Å². The number of anilines is 5. The first-order valence-electron chi connectivity index (χ1n) is 9.15. The quantitative estimate of drug-likeness (QED) is 0.305. The summed E-state index contributed by atoms with van der Waals surface area (Å²) < 4.78 is 6.03. The molecular formula is C19H19BrN6O3S. The van der Waals surface area contributed by atoms with Crippen LogP contribution >= 0.6 is 27.3 Å². The molecule has 1 aliphatic rings. The highest BCUT2D eigenvalue weighted by Gasteiger charge is 2.15. The predicted octanol–water partition coefficient (Wildman–Crippen LogP) is 3.74. The summed E-state index contributed by atoms with van der Waals surface area (Å²) in [6, 6.07) is 9.80. The fraction of sp³-hybridized carbons (Fsp3) is 0.211. The Bertz CT molecular complexity index is 1020. The Kier molecular flexibility index (Phi) is 6.43. The third kappa shape index (κ3) is 4.70. The average Bonchev–Trinajstić information content (AvgIpc) is 3.25. The van der Waals surface area contributed by atoms with Crippen molar-refractivity contribution in [2.45, 2.75) is 0 Å². The van der Waals surface area contributed by atoms with Crippen molar-refractivity contribution < 1.29 is 14.7 Å². The standard InChI is InChI=1S/C19H19BrN6O3S/c20-14-11-21-19(24-17(14)23-15-5-10-30-16(15)18(27)25-28)22-12-1-3-13(4-2-12)26-6-8-29-9-7-26/h1-5,10-11,28H,6-9H2,(H,25,27)(H2,21,22,23,24). The molecule has 2 aromatic heterocycles. The summed E-state index contributed by atoms with van der Waals surface area (Å²) in [5.74, 6) is 0.308. The van der Waals surface area contributed by atoms with E-state index in [1.165, 1.54) is 11.3 Å². The van der Waals surface area contributed by atoms with E-state index in [4.69, 9.17) is 9.94 Å². The summed E-state index contributed by atoms with van der Waals surface area (Å²) in [7, 11) is 0. The van der Waals surface area contributed by atoms with Gasteiger partial charge in [-0.2, -0.15) is 4.98 Å². The second-order valence-corrected chi connectivity index (χ2v) is 8.16. The van der Waals surface area contributed by atoms with Crippen LogP contribution in [0.25, 0.3) is 0 Å². The molecule has 0 radical (unpaired) electrons. The fourth-order valence-electron chi connectivity index (χ4n) is 2.98. The number of morpholine rings is 1. The molecule has 0 bridgehead atoms. The first kappa shape index (κ1) is 20.5. The van der Waals surface area contributed by atoms with Crippen LogP contribution in [-0.2, 0) is 4.74 Å². The molecule has 0 saturated carbocycles. The molecular weight excluding hydrogens is 472 g/mol. The second kappa shape index (κ2) is 9.39. The summed E-state index contributed by atoms with van der Waals surface area (Å²) in [5, 5.41) is 16.9. The highest BCUT2D eigenvalue weighted by Crippen LogP contribution is 2.30. The van der Waals surface area contributed by atoms with Gasteiger partial charge in [0, 0.05) is 30.7 Å². The van der Waals surface area contributed by atoms with Gasteiger partial charge in [-0.3, -0.25) is 10.0 Å². The first-order chi connectivity index (χ1) is 14.6. The normalized spacial score (nSPS) is 13.7. The Morgan fingerprint density at radius 3 is 2.67 bits per heavy atom. The molecule has 30 heavy (non-hydrogen) atoms.